The zero-order valence-electron chi connectivity index (χ0n) is 14.3. The minimum atomic E-state index is -2.19. The van der Waals surface area contributed by atoms with E-state index in [0.29, 0.717) is 12.2 Å². The van der Waals surface area contributed by atoms with Crippen molar-refractivity contribution in [2.75, 3.05) is 6.61 Å². The van der Waals surface area contributed by atoms with Gasteiger partial charge in [-0.1, -0.05) is 85.2 Å². The minimum absolute atomic E-state index is 0.294. The van der Waals surface area contributed by atoms with Crippen LogP contribution in [0.15, 0.2) is 84.9 Å². The fourth-order valence-electron chi connectivity index (χ4n) is 2.98. The summed E-state index contributed by atoms with van der Waals surface area (Å²) in [5.74, 6) is -0.294. The maximum atomic E-state index is 12.5. The Bertz CT molecular complexity index is 858. The summed E-state index contributed by atoms with van der Waals surface area (Å²) in [5, 5.41) is 3.22. The van der Waals surface area contributed by atoms with Crippen LogP contribution in [0.1, 0.15) is 17.3 Å². The molecule has 0 fully saturated rings. The maximum absolute atomic E-state index is 12.5. The van der Waals surface area contributed by atoms with Crippen LogP contribution >= 0.6 is 6.89 Å². The van der Waals surface area contributed by atoms with Crippen LogP contribution in [0.3, 0.4) is 0 Å². The highest BCUT2D eigenvalue weighted by Gasteiger charge is 2.27. The summed E-state index contributed by atoms with van der Waals surface area (Å²) in [6.45, 7) is -0.0179. The van der Waals surface area contributed by atoms with Crippen molar-refractivity contribution in [3.63, 3.8) is 0 Å². The molecule has 0 aliphatic carbocycles. The van der Waals surface area contributed by atoms with Gasteiger partial charge in [0, 0.05) is 0 Å². The van der Waals surface area contributed by atoms with Crippen molar-refractivity contribution >= 4 is 35.1 Å². The molecule has 0 atom stereocenters. The van der Waals surface area contributed by atoms with Crippen LogP contribution in [0.25, 0.3) is 0 Å². The van der Waals surface area contributed by atoms with Gasteiger partial charge in [0.15, 0.2) is 0 Å². The van der Waals surface area contributed by atoms with Gasteiger partial charge in [-0.15, -0.1) is 0 Å². The fraction of sp³-hybridized carbons (Fsp3) is 0.0909. The molecule has 3 aromatic carbocycles. The molecule has 0 aliphatic rings. The van der Waals surface area contributed by atoms with Crippen LogP contribution in [0.5, 0.6) is 0 Å². The standard InChI is InChI=1S/C22H21O2P/c1-3-24-22(23)20-16-10-11-17-21(20)25(2,18-12-6-4-7-13-18)19-14-8-5-9-15-19/h4-17H,2-3H2,1H3. The number of hydrogen-bond donors (Lipinski definition) is 0. The van der Waals surface area contributed by atoms with E-state index in [9.17, 15) is 4.79 Å². The number of esters is 1. The molecule has 2 nitrogen and oxygen atoms in total. The molecule has 25 heavy (non-hydrogen) atoms. The predicted octanol–water partition coefficient (Wildman–Crippen LogP) is 3.59. The lowest BCUT2D eigenvalue weighted by Crippen LogP contribution is -2.29. The second-order valence-electron chi connectivity index (χ2n) is 5.72. The molecule has 126 valence electrons. The van der Waals surface area contributed by atoms with Crippen LogP contribution in [0, 0.1) is 0 Å². The van der Waals surface area contributed by atoms with E-state index in [-0.39, 0.29) is 5.97 Å². The van der Waals surface area contributed by atoms with Gasteiger partial charge in [-0.05, 0) is 35.8 Å². The third kappa shape index (κ3) is 3.31. The number of hydrogen-bond acceptors (Lipinski definition) is 2. The molecule has 3 aromatic rings. The predicted molar refractivity (Wildman–Crippen MR) is 108 cm³/mol. The highest BCUT2D eigenvalue weighted by atomic mass is 31.2. The van der Waals surface area contributed by atoms with Gasteiger partial charge in [-0.3, -0.25) is 0 Å². The van der Waals surface area contributed by atoms with Gasteiger partial charge in [-0.25, -0.2) is 4.79 Å². The van der Waals surface area contributed by atoms with E-state index in [0.717, 1.165) is 15.9 Å². The van der Waals surface area contributed by atoms with E-state index in [1.165, 1.54) is 0 Å². The number of ether oxygens (including phenoxy) is 1. The maximum Gasteiger partial charge on any atom is 0.338 e. The average Bonchev–Trinajstić information content (AvgIpc) is 2.69. The summed E-state index contributed by atoms with van der Waals surface area (Å²) in [6, 6.07) is 28.1. The summed E-state index contributed by atoms with van der Waals surface area (Å²) in [4.78, 5) is 12.5. The van der Waals surface area contributed by atoms with Crippen molar-refractivity contribution in [2.45, 2.75) is 6.92 Å². The molecular weight excluding hydrogens is 327 g/mol. The normalized spacial score (nSPS) is 11.1. The van der Waals surface area contributed by atoms with E-state index in [2.05, 4.69) is 30.6 Å². The Kier molecular flexibility index (Phi) is 5.21. The first-order valence-corrected chi connectivity index (χ1v) is 10.3. The summed E-state index contributed by atoms with van der Waals surface area (Å²) in [7, 11) is 0. The summed E-state index contributed by atoms with van der Waals surface area (Å²) in [6.07, 6.45) is 4.69. The third-order valence-electron chi connectivity index (χ3n) is 4.20. The largest absolute Gasteiger partial charge is 0.462 e. The van der Waals surface area contributed by atoms with Crippen molar-refractivity contribution in [2.24, 2.45) is 0 Å². The molecular formula is C22H21O2P. The van der Waals surface area contributed by atoms with Crippen LogP contribution < -0.4 is 15.9 Å². The number of benzene rings is 3. The molecule has 0 heterocycles. The van der Waals surface area contributed by atoms with Crippen molar-refractivity contribution in [1.29, 1.82) is 0 Å². The van der Waals surface area contributed by atoms with Crippen molar-refractivity contribution in [3.8, 4) is 0 Å². The second-order valence-corrected chi connectivity index (χ2v) is 8.85. The van der Waals surface area contributed by atoms with Crippen LogP contribution in [0.4, 0.5) is 0 Å². The van der Waals surface area contributed by atoms with Crippen LogP contribution in [0.2, 0.25) is 0 Å². The molecule has 0 spiro atoms. The average molecular weight is 348 g/mol. The monoisotopic (exact) mass is 348 g/mol. The lowest BCUT2D eigenvalue weighted by Gasteiger charge is -2.28. The Morgan fingerprint density at radius 1 is 0.840 bits per heavy atom. The van der Waals surface area contributed by atoms with Gasteiger partial charge in [0.25, 0.3) is 0 Å². The molecule has 0 aromatic heterocycles. The van der Waals surface area contributed by atoms with Crippen molar-refractivity contribution in [1.82, 2.24) is 0 Å². The molecule has 0 unspecified atom stereocenters. The highest BCUT2D eigenvalue weighted by Crippen LogP contribution is 2.42. The molecule has 3 heteroatoms. The van der Waals surface area contributed by atoms with Gasteiger partial charge in [-0.2, -0.15) is 0 Å². The van der Waals surface area contributed by atoms with Gasteiger partial charge >= 0.3 is 5.97 Å². The Balaban J connectivity index is 2.28. The zero-order valence-corrected chi connectivity index (χ0v) is 15.2. The SMILES string of the molecule is C=P(c1ccccc1)(c1ccccc1)c1ccccc1C(=O)OCC. The minimum Gasteiger partial charge on any atom is -0.462 e. The highest BCUT2D eigenvalue weighted by molar-refractivity contribution is 7.93. The molecule has 0 aliphatic heterocycles. The second kappa shape index (κ2) is 7.55. The summed E-state index contributed by atoms with van der Waals surface area (Å²) >= 11 is 0. The number of carbonyl (C=O) groups excluding carboxylic acids is 1. The van der Waals surface area contributed by atoms with Crippen molar-refractivity contribution in [3.05, 3.63) is 90.5 Å². The Morgan fingerprint density at radius 3 is 1.84 bits per heavy atom. The van der Waals surface area contributed by atoms with E-state index in [1.807, 2.05) is 67.6 Å². The smallest absolute Gasteiger partial charge is 0.338 e. The molecule has 0 saturated carbocycles. The number of rotatable bonds is 5. The van der Waals surface area contributed by atoms with Gasteiger partial charge < -0.3 is 4.74 Å². The Labute approximate surface area is 149 Å². The first-order chi connectivity index (χ1) is 12.2. The summed E-state index contributed by atoms with van der Waals surface area (Å²) in [5.41, 5.74) is 0.598. The number of carbonyl (C=O) groups is 1. The Morgan fingerprint density at radius 2 is 1.32 bits per heavy atom. The molecule has 0 radical (unpaired) electrons. The third-order valence-corrected chi connectivity index (χ3v) is 7.78. The van der Waals surface area contributed by atoms with E-state index >= 15 is 0 Å². The zero-order chi connectivity index (χ0) is 17.7. The topological polar surface area (TPSA) is 26.3 Å². The van der Waals surface area contributed by atoms with Gasteiger partial charge in [0.05, 0.1) is 12.2 Å². The quantitative estimate of drug-likeness (QED) is 0.520. The fourth-order valence-corrected chi connectivity index (χ4v) is 6.11. The molecule has 0 amide bonds. The van der Waals surface area contributed by atoms with E-state index < -0.39 is 6.89 Å². The van der Waals surface area contributed by atoms with Crippen LogP contribution in [-0.2, 0) is 4.74 Å². The first-order valence-electron chi connectivity index (χ1n) is 8.29. The van der Waals surface area contributed by atoms with Crippen LogP contribution in [-0.4, -0.2) is 18.9 Å². The Hall–Kier alpha value is -2.57. The molecule has 0 saturated heterocycles. The lowest BCUT2D eigenvalue weighted by atomic mass is 10.2. The lowest BCUT2D eigenvalue weighted by molar-refractivity contribution is 0.0528. The first kappa shape index (κ1) is 17.3. The van der Waals surface area contributed by atoms with E-state index in [4.69, 9.17) is 4.74 Å². The van der Waals surface area contributed by atoms with Crippen molar-refractivity contribution < 1.29 is 9.53 Å². The molecule has 3 rings (SSSR count). The molecule has 0 N–H and O–H groups in total. The van der Waals surface area contributed by atoms with Gasteiger partial charge in [0.1, 0.15) is 0 Å². The molecule has 0 bridgehead atoms. The summed E-state index contributed by atoms with van der Waals surface area (Å²) < 4.78 is 5.29. The van der Waals surface area contributed by atoms with Gasteiger partial charge in [0.2, 0.25) is 0 Å². The van der Waals surface area contributed by atoms with E-state index in [1.54, 1.807) is 0 Å².